The zero-order valence-corrected chi connectivity index (χ0v) is 10.3. The second kappa shape index (κ2) is 7.44. The largest absolute Gasteiger partial charge is 0.396 e. The van der Waals surface area contributed by atoms with Gasteiger partial charge in [-0.15, -0.1) is 0 Å². The summed E-state index contributed by atoms with van der Waals surface area (Å²) < 4.78 is 0. The van der Waals surface area contributed by atoms with Gasteiger partial charge in [0.2, 0.25) is 5.82 Å². The van der Waals surface area contributed by atoms with Gasteiger partial charge >= 0.3 is 5.69 Å². The first kappa shape index (κ1) is 14.2. The third kappa shape index (κ3) is 4.17. The number of anilines is 2. The number of nitrogens with zero attached hydrogens (tertiary/aromatic N) is 2. The predicted octanol–water partition coefficient (Wildman–Crippen LogP) is 1.61. The molecule has 0 unspecified atom stereocenters. The van der Waals surface area contributed by atoms with Crippen molar-refractivity contribution in [2.75, 3.05) is 30.3 Å². The van der Waals surface area contributed by atoms with Crippen LogP contribution < -0.4 is 10.6 Å². The Labute approximate surface area is 105 Å². The van der Waals surface area contributed by atoms with E-state index in [0.29, 0.717) is 25.3 Å². The van der Waals surface area contributed by atoms with Gasteiger partial charge in [-0.05, 0) is 25.8 Å². The van der Waals surface area contributed by atoms with Crippen LogP contribution in [0.2, 0.25) is 0 Å². The molecule has 0 fully saturated rings. The number of hydrogen-bond donors (Lipinski definition) is 3. The van der Waals surface area contributed by atoms with E-state index in [1.807, 2.05) is 6.92 Å². The summed E-state index contributed by atoms with van der Waals surface area (Å²) in [5.41, 5.74) is -0.0411. The summed E-state index contributed by atoms with van der Waals surface area (Å²) in [6, 6.07) is 3.01. The van der Waals surface area contributed by atoms with Gasteiger partial charge in [-0.25, -0.2) is 4.98 Å². The van der Waals surface area contributed by atoms with Crippen LogP contribution in [0.5, 0.6) is 0 Å². The van der Waals surface area contributed by atoms with Crippen molar-refractivity contribution in [1.82, 2.24) is 4.98 Å². The van der Waals surface area contributed by atoms with Crippen molar-refractivity contribution in [1.29, 1.82) is 0 Å². The number of aliphatic hydroxyl groups excluding tert-OH is 1. The number of pyridine rings is 1. The van der Waals surface area contributed by atoms with Crippen molar-refractivity contribution in [3.05, 3.63) is 22.2 Å². The maximum atomic E-state index is 10.8. The summed E-state index contributed by atoms with van der Waals surface area (Å²) in [5.74, 6) is 0.865. The summed E-state index contributed by atoms with van der Waals surface area (Å²) in [5, 5.41) is 25.4. The molecule has 1 rings (SSSR count). The monoisotopic (exact) mass is 254 g/mol. The Bertz CT molecular complexity index is 398. The minimum Gasteiger partial charge on any atom is -0.396 e. The summed E-state index contributed by atoms with van der Waals surface area (Å²) in [6.45, 7) is 3.30. The molecule has 0 radical (unpaired) electrons. The Morgan fingerprint density at radius 3 is 2.78 bits per heavy atom. The van der Waals surface area contributed by atoms with Gasteiger partial charge in [-0.3, -0.25) is 10.1 Å². The van der Waals surface area contributed by atoms with Crippen molar-refractivity contribution >= 4 is 17.3 Å². The lowest BCUT2D eigenvalue weighted by molar-refractivity contribution is -0.384. The molecular weight excluding hydrogens is 236 g/mol. The van der Waals surface area contributed by atoms with Crippen LogP contribution in [0.3, 0.4) is 0 Å². The summed E-state index contributed by atoms with van der Waals surface area (Å²) >= 11 is 0. The third-order valence-electron chi connectivity index (χ3n) is 2.31. The van der Waals surface area contributed by atoms with E-state index in [0.717, 1.165) is 6.42 Å². The zero-order chi connectivity index (χ0) is 13.4. The maximum absolute atomic E-state index is 10.8. The Balaban J connectivity index is 2.76. The molecule has 0 saturated carbocycles. The van der Waals surface area contributed by atoms with E-state index in [2.05, 4.69) is 15.6 Å². The lowest BCUT2D eigenvalue weighted by atomic mass is 10.3. The second-order valence-electron chi connectivity index (χ2n) is 3.71. The first-order valence-electron chi connectivity index (χ1n) is 5.93. The average Bonchev–Trinajstić information content (AvgIpc) is 2.35. The molecular formula is C11H18N4O3. The minimum absolute atomic E-state index is 0.0411. The topological polar surface area (TPSA) is 100 Å². The lowest BCUT2D eigenvalue weighted by Gasteiger charge is -2.08. The molecule has 0 atom stereocenters. The molecule has 0 bridgehead atoms. The Morgan fingerprint density at radius 2 is 2.17 bits per heavy atom. The van der Waals surface area contributed by atoms with Crippen molar-refractivity contribution in [3.8, 4) is 0 Å². The molecule has 0 aliphatic carbocycles. The highest BCUT2D eigenvalue weighted by Crippen LogP contribution is 2.23. The van der Waals surface area contributed by atoms with E-state index in [1.54, 1.807) is 6.07 Å². The number of unbranched alkanes of at least 4 members (excludes halogenated alkanes) is 1. The molecule has 1 heterocycles. The molecule has 7 nitrogen and oxygen atoms in total. The summed E-state index contributed by atoms with van der Waals surface area (Å²) in [6.07, 6.45) is 1.40. The van der Waals surface area contributed by atoms with Gasteiger partial charge < -0.3 is 15.7 Å². The summed E-state index contributed by atoms with van der Waals surface area (Å²) in [4.78, 5) is 14.5. The fourth-order valence-electron chi connectivity index (χ4n) is 1.45. The highest BCUT2D eigenvalue weighted by atomic mass is 16.6. The molecule has 0 spiro atoms. The quantitative estimate of drug-likeness (QED) is 0.370. The molecule has 0 amide bonds. The van der Waals surface area contributed by atoms with Gasteiger partial charge in [0.15, 0.2) is 0 Å². The van der Waals surface area contributed by atoms with Gasteiger partial charge in [-0.1, -0.05) is 0 Å². The first-order valence-corrected chi connectivity index (χ1v) is 5.93. The standard InChI is InChI=1S/C11H18N4O3/c1-2-12-10-6-5-9(15(17)18)11(14-10)13-7-3-4-8-16/h5-6,16H,2-4,7-8H2,1H3,(H2,12,13,14). The highest BCUT2D eigenvalue weighted by Gasteiger charge is 2.15. The van der Waals surface area contributed by atoms with E-state index in [4.69, 9.17) is 5.11 Å². The van der Waals surface area contributed by atoms with Gasteiger partial charge in [0.05, 0.1) is 4.92 Å². The number of aliphatic hydroxyl groups is 1. The molecule has 18 heavy (non-hydrogen) atoms. The van der Waals surface area contributed by atoms with Gasteiger partial charge in [-0.2, -0.15) is 0 Å². The number of nitrogens with one attached hydrogen (secondary N) is 2. The Morgan fingerprint density at radius 1 is 1.39 bits per heavy atom. The summed E-state index contributed by atoms with van der Waals surface area (Å²) in [7, 11) is 0. The SMILES string of the molecule is CCNc1ccc([N+](=O)[O-])c(NCCCCO)n1. The normalized spacial score (nSPS) is 10.1. The molecule has 0 aromatic carbocycles. The fourth-order valence-corrected chi connectivity index (χ4v) is 1.45. The van der Waals surface area contributed by atoms with Crippen molar-refractivity contribution in [2.45, 2.75) is 19.8 Å². The van der Waals surface area contributed by atoms with Crippen LogP contribution in [0, 0.1) is 10.1 Å². The number of rotatable bonds is 8. The molecule has 0 aliphatic rings. The van der Waals surface area contributed by atoms with Crippen LogP contribution in [0.15, 0.2) is 12.1 Å². The minimum atomic E-state index is -0.461. The number of nitro groups is 1. The van der Waals surface area contributed by atoms with Crippen molar-refractivity contribution in [2.24, 2.45) is 0 Å². The van der Waals surface area contributed by atoms with E-state index in [1.165, 1.54) is 6.07 Å². The van der Waals surface area contributed by atoms with E-state index in [-0.39, 0.29) is 18.1 Å². The van der Waals surface area contributed by atoms with Crippen molar-refractivity contribution < 1.29 is 10.0 Å². The van der Waals surface area contributed by atoms with Crippen LogP contribution in [-0.4, -0.2) is 34.7 Å². The first-order chi connectivity index (χ1) is 8.69. The molecule has 1 aromatic rings. The van der Waals surface area contributed by atoms with Gasteiger partial charge in [0.1, 0.15) is 5.82 Å². The third-order valence-corrected chi connectivity index (χ3v) is 2.31. The molecule has 7 heteroatoms. The number of hydrogen-bond acceptors (Lipinski definition) is 6. The molecule has 0 aliphatic heterocycles. The van der Waals surface area contributed by atoms with Crippen LogP contribution >= 0.6 is 0 Å². The van der Waals surface area contributed by atoms with Gasteiger partial charge in [0.25, 0.3) is 0 Å². The van der Waals surface area contributed by atoms with E-state index in [9.17, 15) is 10.1 Å². The van der Waals surface area contributed by atoms with Crippen molar-refractivity contribution in [3.63, 3.8) is 0 Å². The molecule has 1 aromatic heterocycles. The Hall–Kier alpha value is -1.89. The predicted molar refractivity (Wildman–Crippen MR) is 69.9 cm³/mol. The zero-order valence-electron chi connectivity index (χ0n) is 10.3. The highest BCUT2D eigenvalue weighted by molar-refractivity contribution is 5.60. The molecule has 3 N–H and O–H groups in total. The lowest BCUT2D eigenvalue weighted by Crippen LogP contribution is -2.08. The average molecular weight is 254 g/mol. The fraction of sp³-hybridized carbons (Fsp3) is 0.545. The van der Waals surface area contributed by atoms with Crippen LogP contribution in [0.1, 0.15) is 19.8 Å². The van der Waals surface area contributed by atoms with Crippen LogP contribution in [-0.2, 0) is 0 Å². The van der Waals surface area contributed by atoms with E-state index < -0.39 is 4.92 Å². The van der Waals surface area contributed by atoms with Gasteiger partial charge in [0, 0.05) is 25.8 Å². The Kier molecular flexibility index (Phi) is 5.86. The molecule has 100 valence electrons. The van der Waals surface area contributed by atoms with Crippen LogP contribution in [0.4, 0.5) is 17.3 Å². The van der Waals surface area contributed by atoms with Crippen LogP contribution in [0.25, 0.3) is 0 Å². The number of aromatic nitrogens is 1. The maximum Gasteiger partial charge on any atom is 0.311 e. The van der Waals surface area contributed by atoms with E-state index >= 15 is 0 Å². The smallest absolute Gasteiger partial charge is 0.311 e. The second-order valence-corrected chi connectivity index (χ2v) is 3.71. The molecule has 0 saturated heterocycles.